The lowest BCUT2D eigenvalue weighted by Crippen LogP contribution is -2.27. The van der Waals surface area contributed by atoms with E-state index in [0.717, 1.165) is 6.61 Å². The third-order valence-electron chi connectivity index (χ3n) is 1.66. The predicted octanol–water partition coefficient (Wildman–Crippen LogP) is 0.274. The second-order valence-corrected chi connectivity index (χ2v) is 2.87. The molecule has 13 heavy (non-hydrogen) atoms. The highest BCUT2D eigenvalue weighted by atomic mass is 16.5. The van der Waals surface area contributed by atoms with Gasteiger partial charge >= 0.3 is 0 Å². The van der Waals surface area contributed by atoms with Gasteiger partial charge in [-0.3, -0.25) is 0 Å². The summed E-state index contributed by atoms with van der Waals surface area (Å²) >= 11 is 0. The summed E-state index contributed by atoms with van der Waals surface area (Å²) in [6.07, 6.45) is 0. The molecule has 0 aromatic rings. The van der Waals surface area contributed by atoms with Gasteiger partial charge in [-0.2, -0.15) is 0 Å². The largest absolute Gasteiger partial charge is 0.382 e. The third-order valence-corrected chi connectivity index (χ3v) is 1.66. The zero-order chi connectivity index (χ0) is 9.94. The van der Waals surface area contributed by atoms with E-state index in [1.54, 1.807) is 7.11 Å². The number of methoxy groups -OCH3 is 1. The monoisotopic (exact) mass is 191 g/mol. The van der Waals surface area contributed by atoms with Crippen LogP contribution in [0.2, 0.25) is 0 Å². The summed E-state index contributed by atoms with van der Waals surface area (Å²) in [5, 5.41) is 3.09. The number of likely N-dealkylation sites (N-methyl/N-ethyl adjacent to an activating group) is 1. The van der Waals surface area contributed by atoms with Gasteiger partial charge < -0.3 is 19.5 Å². The van der Waals surface area contributed by atoms with Crippen LogP contribution in [0.15, 0.2) is 0 Å². The minimum Gasteiger partial charge on any atom is -0.382 e. The Labute approximate surface area is 80.5 Å². The molecule has 0 saturated carbocycles. The Hall–Kier alpha value is -0.160. The highest BCUT2D eigenvalue weighted by Crippen LogP contribution is 1.84. The van der Waals surface area contributed by atoms with Crippen LogP contribution >= 0.6 is 0 Å². The molecule has 0 aliphatic carbocycles. The smallest absolute Gasteiger partial charge is 0.0701 e. The summed E-state index contributed by atoms with van der Waals surface area (Å²) in [6.45, 7) is 5.37. The summed E-state index contributed by atoms with van der Waals surface area (Å²) in [4.78, 5) is 0. The number of rotatable bonds is 9. The van der Waals surface area contributed by atoms with Crippen molar-refractivity contribution in [3.8, 4) is 0 Å². The topological polar surface area (TPSA) is 39.7 Å². The molecule has 1 atom stereocenters. The molecule has 0 saturated heterocycles. The van der Waals surface area contributed by atoms with Crippen molar-refractivity contribution in [2.75, 3.05) is 47.2 Å². The first-order chi connectivity index (χ1) is 6.31. The maximum Gasteiger partial charge on any atom is 0.0701 e. The van der Waals surface area contributed by atoms with Gasteiger partial charge in [0.15, 0.2) is 0 Å². The lowest BCUT2D eigenvalue weighted by Gasteiger charge is -2.10. The van der Waals surface area contributed by atoms with Gasteiger partial charge in [0.2, 0.25) is 0 Å². The first-order valence-electron chi connectivity index (χ1n) is 4.63. The maximum atomic E-state index is 5.34. The first kappa shape index (κ1) is 12.8. The summed E-state index contributed by atoms with van der Waals surface area (Å²) in [5.41, 5.74) is 0. The van der Waals surface area contributed by atoms with Crippen molar-refractivity contribution in [1.82, 2.24) is 5.32 Å². The SMILES string of the molecule is CNC(C)COCCOCCOC. The molecule has 80 valence electrons. The van der Waals surface area contributed by atoms with Crippen molar-refractivity contribution in [3.05, 3.63) is 0 Å². The molecule has 0 spiro atoms. The van der Waals surface area contributed by atoms with E-state index in [0.29, 0.717) is 32.5 Å². The molecule has 0 bridgehead atoms. The van der Waals surface area contributed by atoms with E-state index in [2.05, 4.69) is 12.2 Å². The van der Waals surface area contributed by atoms with Crippen molar-refractivity contribution >= 4 is 0 Å². The van der Waals surface area contributed by atoms with Crippen molar-refractivity contribution in [2.24, 2.45) is 0 Å². The van der Waals surface area contributed by atoms with E-state index in [-0.39, 0.29) is 0 Å². The molecule has 4 nitrogen and oxygen atoms in total. The average Bonchev–Trinajstić information content (AvgIpc) is 2.16. The lowest BCUT2D eigenvalue weighted by atomic mass is 10.4. The quantitative estimate of drug-likeness (QED) is 0.531. The third kappa shape index (κ3) is 9.76. The molecular formula is C9H21NO3. The van der Waals surface area contributed by atoms with E-state index < -0.39 is 0 Å². The number of hydrogen-bond donors (Lipinski definition) is 1. The van der Waals surface area contributed by atoms with Gasteiger partial charge in [0.05, 0.1) is 33.0 Å². The van der Waals surface area contributed by atoms with Crippen LogP contribution in [0.3, 0.4) is 0 Å². The minimum absolute atomic E-state index is 0.402. The second-order valence-electron chi connectivity index (χ2n) is 2.87. The molecule has 0 aliphatic heterocycles. The molecule has 0 heterocycles. The fraction of sp³-hybridized carbons (Fsp3) is 1.00. The second kappa shape index (κ2) is 9.92. The van der Waals surface area contributed by atoms with Crippen LogP contribution in [0, 0.1) is 0 Å². The molecule has 4 heteroatoms. The van der Waals surface area contributed by atoms with Gasteiger partial charge in [-0.15, -0.1) is 0 Å². The van der Waals surface area contributed by atoms with Crippen LogP contribution < -0.4 is 5.32 Å². The average molecular weight is 191 g/mol. The molecule has 0 aliphatic rings. The van der Waals surface area contributed by atoms with E-state index >= 15 is 0 Å². The van der Waals surface area contributed by atoms with Crippen LogP contribution in [-0.4, -0.2) is 53.2 Å². The molecule has 0 aromatic heterocycles. The van der Waals surface area contributed by atoms with Gasteiger partial charge in [0, 0.05) is 13.2 Å². The Balaban J connectivity index is 2.91. The summed E-state index contributed by atoms with van der Waals surface area (Å²) in [7, 11) is 3.58. The first-order valence-corrected chi connectivity index (χ1v) is 4.63. The van der Waals surface area contributed by atoms with Gasteiger partial charge in [0.25, 0.3) is 0 Å². The van der Waals surface area contributed by atoms with Gasteiger partial charge in [-0.1, -0.05) is 0 Å². The Kier molecular flexibility index (Phi) is 9.80. The van der Waals surface area contributed by atoms with Crippen molar-refractivity contribution < 1.29 is 14.2 Å². The van der Waals surface area contributed by atoms with Gasteiger partial charge in [-0.05, 0) is 14.0 Å². The van der Waals surface area contributed by atoms with Crippen LogP contribution in [0.5, 0.6) is 0 Å². The van der Waals surface area contributed by atoms with E-state index in [4.69, 9.17) is 14.2 Å². The molecule has 1 unspecified atom stereocenters. The van der Waals surface area contributed by atoms with Crippen LogP contribution in [0.4, 0.5) is 0 Å². The zero-order valence-corrected chi connectivity index (χ0v) is 8.84. The highest BCUT2D eigenvalue weighted by molar-refractivity contribution is 4.53. The summed E-state index contributed by atoms with van der Waals surface area (Å²) < 4.78 is 15.4. The maximum absolute atomic E-state index is 5.34. The molecule has 0 aromatic carbocycles. The summed E-state index contributed by atoms with van der Waals surface area (Å²) in [5.74, 6) is 0. The standard InChI is InChI=1S/C9H21NO3/c1-9(10-2)8-13-7-6-12-5-4-11-3/h9-10H,4-8H2,1-3H3. The number of ether oxygens (including phenoxy) is 3. The highest BCUT2D eigenvalue weighted by Gasteiger charge is 1.96. The molecule has 0 rings (SSSR count). The van der Waals surface area contributed by atoms with Crippen molar-refractivity contribution in [1.29, 1.82) is 0 Å². The molecule has 1 N–H and O–H groups in total. The summed E-state index contributed by atoms with van der Waals surface area (Å²) in [6, 6.07) is 0.402. The normalized spacial score (nSPS) is 13.2. The van der Waals surface area contributed by atoms with Gasteiger partial charge in [-0.25, -0.2) is 0 Å². The zero-order valence-electron chi connectivity index (χ0n) is 8.84. The van der Waals surface area contributed by atoms with E-state index in [1.807, 2.05) is 7.05 Å². The molecule has 0 radical (unpaired) electrons. The Morgan fingerprint density at radius 1 is 1.08 bits per heavy atom. The fourth-order valence-electron chi connectivity index (χ4n) is 0.706. The van der Waals surface area contributed by atoms with Crippen LogP contribution in [-0.2, 0) is 14.2 Å². The lowest BCUT2D eigenvalue weighted by molar-refractivity contribution is 0.0210. The Morgan fingerprint density at radius 3 is 2.31 bits per heavy atom. The molecule has 0 fully saturated rings. The van der Waals surface area contributed by atoms with E-state index in [1.165, 1.54) is 0 Å². The van der Waals surface area contributed by atoms with E-state index in [9.17, 15) is 0 Å². The predicted molar refractivity (Wildman–Crippen MR) is 52.0 cm³/mol. The minimum atomic E-state index is 0.402. The Bertz CT molecular complexity index is 101. The van der Waals surface area contributed by atoms with Crippen LogP contribution in [0.1, 0.15) is 6.92 Å². The molecular weight excluding hydrogens is 170 g/mol. The number of hydrogen-bond acceptors (Lipinski definition) is 4. The van der Waals surface area contributed by atoms with Crippen LogP contribution in [0.25, 0.3) is 0 Å². The van der Waals surface area contributed by atoms with Crippen molar-refractivity contribution in [3.63, 3.8) is 0 Å². The number of nitrogens with one attached hydrogen (secondary N) is 1. The molecule has 0 amide bonds. The fourth-order valence-corrected chi connectivity index (χ4v) is 0.706. The van der Waals surface area contributed by atoms with Crippen molar-refractivity contribution in [2.45, 2.75) is 13.0 Å². The van der Waals surface area contributed by atoms with Gasteiger partial charge in [0.1, 0.15) is 0 Å². The Morgan fingerprint density at radius 2 is 1.69 bits per heavy atom.